The van der Waals surface area contributed by atoms with Crippen molar-refractivity contribution in [3.05, 3.63) is 29.6 Å². The standard InChI is InChI=1S/C10H8FNO3/c1-6(10(13)14)15-9-3-2-7(5-12)4-8(9)11/h2-4,6H,1H3,(H,13,14)/t6-/m0/s1. The number of hydrogen-bond acceptors (Lipinski definition) is 3. The summed E-state index contributed by atoms with van der Waals surface area (Å²) in [5, 5.41) is 17.0. The van der Waals surface area contributed by atoms with Crippen molar-refractivity contribution in [1.29, 1.82) is 5.26 Å². The van der Waals surface area contributed by atoms with Crippen LogP contribution in [-0.2, 0) is 4.79 Å². The number of carboxylic acids is 1. The van der Waals surface area contributed by atoms with E-state index in [9.17, 15) is 9.18 Å². The molecule has 0 spiro atoms. The topological polar surface area (TPSA) is 70.3 Å². The van der Waals surface area contributed by atoms with Gasteiger partial charge in [0.1, 0.15) is 0 Å². The molecule has 4 nitrogen and oxygen atoms in total. The lowest BCUT2D eigenvalue weighted by molar-refractivity contribution is -0.144. The second-order valence-electron chi connectivity index (χ2n) is 2.86. The molecule has 1 aromatic rings. The third kappa shape index (κ3) is 2.68. The largest absolute Gasteiger partial charge is 0.479 e. The van der Waals surface area contributed by atoms with Gasteiger partial charge in [0, 0.05) is 0 Å². The normalized spacial score (nSPS) is 11.5. The van der Waals surface area contributed by atoms with Gasteiger partial charge in [-0.25, -0.2) is 9.18 Å². The van der Waals surface area contributed by atoms with E-state index < -0.39 is 17.9 Å². The van der Waals surface area contributed by atoms with Gasteiger partial charge in [-0.05, 0) is 25.1 Å². The zero-order chi connectivity index (χ0) is 11.4. The number of rotatable bonds is 3. The van der Waals surface area contributed by atoms with E-state index >= 15 is 0 Å². The summed E-state index contributed by atoms with van der Waals surface area (Å²) < 4.78 is 18.0. The molecule has 1 N–H and O–H groups in total. The van der Waals surface area contributed by atoms with E-state index in [0.29, 0.717) is 0 Å². The highest BCUT2D eigenvalue weighted by Crippen LogP contribution is 2.19. The third-order valence-electron chi connectivity index (χ3n) is 1.71. The van der Waals surface area contributed by atoms with Gasteiger partial charge >= 0.3 is 5.97 Å². The minimum absolute atomic E-state index is 0.155. The highest BCUT2D eigenvalue weighted by atomic mass is 19.1. The molecule has 0 aliphatic carbocycles. The van der Waals surface area contributed by atoms with Crippen LogP contribution in [-0.4, -0.2) is 17.2 Å². The number of nitriles is 1. The van der Waals surface area contributed by atoms with Crippen LogP contribution in [0.4, 0.5) is 4.39 Å². The fraction of sp³-hybridized carbons (Fsp3) is 0.200. The van der Waals surface area contributed by atoms with Crippen molar-refractivity contribution in [2.75, 3.05) is 0 Å². The minimum Gasteiger partial charge on any atom is -0.479 e. The Morgan fingerprint density at radius 3 is 2.80 bits per heavy atom. The molecule has 1 rings (SSSR count). The SMILES string of the molecule is C[C@H](Oc1ccc(C#N)cc1F)C(=O)O. The number of nitrogens with zero attached hydrogens (tertiary/aromatic N) is 1. The van der Waals surface area contributed by atoms with Gasteiger partial charge in [0.25, 0.3) is 0 Å². The second kappa shape index (κ2) is 4.42. The van der Waals surface area contributed by atoms with Gasteiger partial charge in [0.2, 0.25) is 0 Å². The number of aliphatic carboxylic acids is 1. The van der Waals surface area contributed by atoms with Crippen LogP contribution in [0.15, 0.2) is 18.2 Å². The lowest BCUT2D eigenvalue weighted by Gasteiger charge is -2.10. The van der Waals surface area contributed by atoms with E-state index in [2.05, 4.69) is 0 Å². The van der Waals surface area contributed by atoms with Crippen LogP contribution in [0.1, 0.15) is 12.5 Å². The molecule has 0 heterocycles. The molecule has 0 unspecified atom stereocenters. The monoisotopic (exact) mass is 209 g/mol. The summed E-state index contributed by atoms with van der Waals surface area (Å²) in [6.07, 6.45) is -1.13. The van der Waals surface area contributed by atoms with Gasteiger partial charge in [-0.2, -0.15) is 5.26 Å². The van der Waals surface area contributed by atoms with Crippen LogP contribution in [0.25, 0.3) is 0 Å². The van der Waals surface area contributed by atoms with Crippen LogP contribution >= 0.6 is 0 Å². The van der Waals surface area contributed by atoms with E-state index in [1.807, 2.05) is 0 Å². The maximum absolute atomic E-state index is 13.2. The zero-order valence-corrected chi connectivity index (χ0v) is 7.90. The fourth-order valence-corrected chi connectivity index (χ4v) is 0.907. The lowest BCUT2D eigenvalue weighted by atomic mass is 10.2. The number of ether oxygens (including phenoxy) is 1. The van der Waals surface area contributed by atoms with Crippen LogP contribution in [0.2, 0.25) is 0 Å². The molecule has 0 bridgehead atoms. The summed E-state index contributed by atoms with van der Waals surface area (Å²) in [6, 6.07) is 5.33. The van der Waals surface area contributed by atoms with Crippen molar-refractivity contribution in [1.82, 2.24) is 0 Å². The maximum Gasteiger partial charge on any atom is 0.344 e. The maximum atomic E-state index is 13.2. The Hall–Kier alpha value is -2.09. The van der Waals surface area contributed by atoms with Crippen molar-refractivity contribution in [3.8, 4) is 11.8 Å². The van der Waals surface area contributed by atoms with Gasteiger partial charge in [-0.1, -0.05) is 0 Å². The molecule has 0 aliphatic rings. The zero-order valence-electron chi connectivity index (χ0n) is 7.90. The third-order valence-corrected chi connectivity index (χ3v) is 1.71. The predicted molar refractivity (Wildman–Crippen MR) is 48.8 cm³/mol. The number of benzene rings is 1. The van der Waals surface area contributed by atoms with Gasteiger partial charge in [-0.3, -0.25) is 0 Å². The van der Waals surface area contributed by atoms with E-state index in [0.717, 1.165) is 6.07 Å². The summed E-state index contributed by atoms with van der Waals surface area (Å²) in [7, 11) is 0. The molecule has 0 saturated heterocycles. The Labute approximate surface area is 85.5 Å². The number of halogens is 1. The number of hydrogen-bond donors (Lipinski definition) is 1. The molecule has 5 heteroatoms. The molecule has 1 aromatic carbocycles. The quantitative estimate of drug-likeness (QED) is 0.819. The van der Waals surface area contributed by atoms with Gasteiger partial charge in [-0.15, -0.1) is 0 Å². The molecule has 0 saturated carbocycles. The predicted octanol–water partition coefficient (Wildman–Crippen LogP) is 1.55. The molecule has 0 amide bonds. The summed E-state index contributed by atoms with van der Waals surface area (Å²) in [5.41, 5.74) is 0.155. The van der Waals surface area contributed by atoms with E-state index in [1.54, 1.807) is 6.07 Å². The smallest absolute Gasteiger partial charge is 0.344 e. The summed E-state index contributed by atoms with van der Waals surface area (Å²) in [6.45, 7) is 1.29. The molecule has 1 atom stereocenters. The molecule has 78 valence electrons. The Morgan fingerprint density at radius 2 is 2.33 bits per heavy atom. The average Bonchev–Trinajstić information content (AvgIpc) is 2.20. The molecular weight excluding hydrogens is 201 g/mol. The summed E-state index contributed by atoms with van der Waals surface area (Å²) in [4.78, 5) is 10.4. The summed E-state index contributed by atoms with van der Waals surface area (Å²) in [5.74, 6) is -2.11. The first-order chi connectivity index (χ1) is 7.04. The molecular formula is C10H8FNO3. The Bertz CT molecular complexity index is 425. The van der Waals surface area contributed by atoms with Gasteiger partial charge in [0.05, 0.1) is 11.6 Å². The molecule has 0 fully saturated rings. The van der Waals surface area contributed by atoms with Crippen LogP contribution in [0.3, 0.4) is 0 Å². The first-order valence-electron chi connectivity index (χ1n) is 4.13. The van der Waals surface area contributed by atoms with E-state index in [4.69, 9.17) is 15.1 Å². The Kier molecular flexibility index (Phi) is 3.24. The minimum atomic E-state index is -1.18. The van der Waals surface area contributed by atoms with Crippen LogP contribution in [0, 0.1) is 17.1 Å². The summed E-state index contributed by atoms with van der Waals surface area (Å²) >= 11 is 0. The lowest BCUT2D eigenvalue weighted by Crippen LogP contribution is -2.23. The van der Waals surface area contributed by atoms with E-state index in [-0.39, 0.29) is 11.3 Å². The molecule has 0 radical (unpaired) electrons. The van der Waals surface area contributed by atoms with Crippen LogP contribution < -0.4 is 4.74 Å². The fourth-order valence-electron chi connectivity index (χ4n) is 0.907. The number of carbonyl (C=O) groups is 1. The molecule has 15 heavy (non-hydrogen) atoms. The first kappa shape index (κ1) is 11.0. The van der Waals surface area contributed by atoms with Crippen molar-refractivity contribution < 1.29 is 19.0 Å². The Morgan fingerprint density at radius 1 is 1.67 bits per heavy atom. The van der Waals surface area contributed by atoms with Gasteiger partial charge < -0.3 is 9.84 Å². The number of carboxylic acid groups (broad SMARTS) is 1. The van der Waals surface area contributed by atoms with Crippen molar-refractivity contribution in [2.24, 2.45) is 0 Å². The van der Waals surface area contributed by atoms with Crippen molar-refractivity contribution in [2.45, 2.75) is 13.0 Å². The molecule has 0 aliphatic heterocycles. The highest BCUT2D eigenvalue weighted by molar-refractivity contribution is 5.72. The highest BCUT2D eigenvalue weighted by Gasteiger charge is 2.14. The van der Waals surface area contributed by atoms with Crippen molar-refractivity contribution in [3.63, 3.8) is 0 Å². The second-order valence-corrected chi connectivity index (χ2v) is 2.86. The van der Waals surface area contributed by atoms with E-state index in [1.165, 1.54) is 19.1 Å². The Balaban J connectivity index is 2.88. The average molecular weight is 209 g/mol. The first-order valence-corrected chi connectivity index (χ1v) is 4.13. The van der Waals surface area contributed by atoms with Gasteiger partial charge in [0.15, 0.2) is 17.7 Å². The van der Waals surface area contributed by atoms with Crippen LogP contribution in [0.5, 0.6) is 5.75 Å². The molecule has 0 aromatic heterocycles. The van der Waals surface area contributed by atoms with Crippen molar-refractivity contribution >= 4 is 5.97 Å².